The van der Waals surface area contributed by atoms with Gasteiger partial charge in [-0.25, -0.2) is 13.1 Å². The zero-order chi connectivity index (χ0) is 25.2. The van der Waals surface area contributed by atoms with E-state index in [0.717, 1.165) is 0 Å². The standard InChI is InChI=1S/C20H33BN6O6S/c22-19(23)25-12-6-9-16(21(30)31)27-18(29)20(10-4-5-11-20)17(28)24-13-14-26-34(32,33)15-7-2-1-3-8-15/h1-3,7-8,16,26,30-31H,4-6,9-14H2,(H,24,28)(H,27,29)(H4,22,23,25). The Kier molecular flexibility index (Phi) is 10.3. The number of rotatable bonds is 13. The normalized spacial score (nSPS) is 15.8. The summed E-state index contributed by atoms with van der Waals surface area (Å²) in [5, 5.41) is 24.6. The Bertz CT molecular complexity index is 950. The fraction of sp³-hybridized carbons (Fsp3) is 0.550. The van der Waals surface area contributed by atoms with Crippen LogP contribution in [0.1, 0.15) is 38.5 Å². The summed E-state index contributed by atoms with van der Waals surface area (Å²) in [4.78, 5) is 30.0. The van der Waals surface area contributed by atoms with Crippen molar-refractivity contribution in [3.05, 3.63) is 30.3 Å². The van der Waals surface area contributed by atoms with Crippen LogP contribution in [0.25, 0.3) is 0 Å². The monoisotopic (exact) mass is 496 g/mol. The van der Waals surface area contributed by atoms with Crippen LogP contribution in [0.2, 0.25) is 0 Å². The molecule has 1 atom stereocenters. The Morgan fingerprint density at radius 3 is 2.32 bits per heavy atom. The molecule has 1 aromatic rings. The number of carbonyl (C=O) groups excluding carboxylic acids is 2. The highest BCUT2D eigenvalue weighted by Crippen LogP contribution is 2.38. The summed E-state index contributed by atoms with van der Waals surface area (Å²) in [5.74, 6) is -2.19. The van der Waals surface area contributed by atoms with Crippen molar-refractivity contribution >= 4 is 34.9 Å². The highest BCUT2D eigenvalue weighted by atomic mass is 32.2. The van der Waals surface area contributed by atoms with Crippen molar-refractivity contribution in [2.75, 3.05) is 19.6 Å². The van der Waals surface area contributed by atoms with Crippen molar-refractivity contribution in [3.63, 3.8) is 0 Å². The van der Waals surface area contributed by atoms with E-state index in [-0.39, 0.29) is 36.9 Å². The summed E-state index contributed by atoms with van der Waals surface area (Å²) in [6, 6.07) is 7.84. The molecule has 12 nitrogen and oxygen atoms in total. The van der Waals surface area contributed by atoms with Gasteiger partial charge in [-0.1, -0.05) is 31.0 Å². The first-order chi connectivity index (χ1) is 16.1. The van der Waals surface area contributed by atoms with Crippen molar-refractivity contribution in [3.8, 4) is 0 Å². The molecule has 188 valence electrons. The number of sulfonamides is 1. The zero-order valence-corrected chi connectivity index (χ0v) is 19.8. The maximum absolute atomic E-state index is 13.1. The van der Waals surface area contributed by atoms with Gasteiger partial charge in [0.15, 0.2) is 5.96 Å². The second kappa shape index (κ2) is 12.7. The molecule has 1 fully saturated rings. The molecule has 1 aromatic carbocycles. The topological polar surface area (TPSA) is 209 Å². The number of amides is 2. The second-order valence-electron chi connectivity index (χ2n) is 8.20. The molecule has 34 heavy (non-hydrogen) atoms. The Hall–Kier alpha value is -2.68. The van der Waals surface area contributed by atoms with Crippen molar-refractivity contribution in [2.24, 2.45) is 21.9 Å². The van der Waals surface area contributed by atoms with Crippen molar-refractivity contribution in [1.29, 1.82) is 0 Å². The molecule has 0 heterocycles. The second-order valence-corrected chi connectivity index (χ2v) is 9.97. The molecule has 0 bridgehead atoms. The Morgan fingerprint density at radius 2 is 1.74 bits per heavy atom. The number of carbonyl (C=O) groups is 2. The lowest BCUT2D eigenvalue weighted by atomic mass is 9.75. The summed E-state index contributed by atoms with van der Waals surface area (Å²) in [6.45, 7) is 0.194. The number of nitrogens with two attached hydrogens (primary N) is 2. The highest BCUT2D eigenvalue weighted by molar-refractivity contribution is 7.89. The van der Waals surface area contributed by atoms with Crippen LogP contribution in [-0.2, 0) is 19.6 Å². The zero-order valence-electron chi connectivity index (χ0n) is 18.9. The Labute approximate surface area is 199 Å². The van der Waals surface area contributed by atoms with E-state index in [9.17, 15) is 28.1 Å². The molecule has 0 spiro atoms. The Balaban J connectivity index is 1.93. The van der Waals surface area contributed by atoms with E-state index in [1.165, 1.54) is 12.1 Å². The lowest BCUT2D eigenvalue weighted by Gasteiger charge is -2.29. The predicted octanol–water partition coefficient (Wildman–Crippen LogP) is -1.81. The van der Waals surface area contributed by atoms with Gasteiger partial charge >= 0.3 is 7.12 Å². The third-order valence-corrected chi connectivity index (χ3v) is 7.20. The summed E-state index contributed by atoms with van der Waals surface area (Å²) in [7, 11) is -5.53. The molecular formula is C20H33BN6O6S. The lowest BCUT2D eigenvalue weighted by molar-refractivity contribution is -0.143. The summed E-state index contributed by atoms with van der Waals surface area (Å²) in [5.41, 5.74) is 9.17. The molecule has 14 heteroatoms. The number of hydrogen-bond acceptors (Lipinski definition) is 7. The van der Waals surface area contributed by atoms with Crippen molar-refractivity contribution in [2.45, 2.75) is 49.4 Å². The van der Waals surface area contributed by atoms with Gasteiger partial charge < -0.3 is 32.1 Å². The van der Waals surface area contributed by atoms with E-state index in [2.05, 4.69) is 20.3 Å². The molecule has 1 aliphatic rings. The largest absolute Gasteiger partial charge is 0.475 e. The first kappa shape index (κ1) is 27.6. The van der Waals surface area contributed by atoms with Crippen LogP contribution in [-0.4, -0.2) is 68.9 Å². The molecule has 0 aromatic heterocycles. The number of nitrogens with one attached hydrogen (secondary N) is 3. The third-order valence-electron chi connectivity index (χ3n) is 5.73. The summed E-state index contributed by atoms with van der Waals surface area (Å²) < 4.78 is 27.0. The van der Waals surface area contributed by atoms with E-state index >= 15 is 0 Å². The van der Waals surface area contributed by atoms with E-state index in [0.29, 0.717) is 32.1 Å². The number of hydrogen-bond donors (Lipinski definition) is 7. The van der Waals surface area contributed by atoms with Gasteiger partial charge in [0, 0.05) is 19.6 Å². The predicted molar refractivity (Wildman–Crippen MR) is 128 cm³/mol. The average molecular weight is 496 g/mol. The van der Waals surface area contributed by atoms with Crippen LogP contribution in [0.15, 0.2) is 40.2 Å². The molecule has 1 aliphatic carbocycles. The molecule has 0 aliphatic heterocycles. The molecule has 2 rings (SSSR count). The molecule has 9 N–H and O–H groups in total. The smallest absolute Gasteiger partial charge is 0.426 e. The minimum Gasteiger partial charge on any atom is -0.426 e. The molecular weight excluding hydrogens is 463 g/mol. The van der Waals surface area contributed by atoms with Crippen molar-refractivity contribution < 1.29 is 28.1 Å². The Morgan fingerprint density at radius 1 is 1.09 bits per heavy atom. The average Bonchev–Trinajstić information content (AvgIpc) is 3.30. The maximum atomic E-state index is 13.1. The fourth-order valence-corrected chi connectivity index (χ4v) is 4.92. The van der Waals surface area contributed by atoms with Gasteiger partial charge in [-0.15, -0.1) is 0 Å². The van der Waals surface area contributed by atoms with E-state index in [1.807, 2.05) is 0 Å². The third kappa shape index (κ3) is 7.69. The van der Waals surface area contributed by atoms with Gasteiger partial charge in [-0.3, -0.25) is 14.6 Å². The van der Waals surface area contributed by atoms with Gasteiger partial charge in [-0.05, 0) is 37.8 Å². The number of guanidine groups is 1. The number of aliphatic imine (C=N–C) groups is 1. The molecule has 0 radical (unpaired) electrons. The van der Waals surface area contributed by atoms with E-state index in [1.54, 1.807) is 18.2 Å². The molecule has 2 amide bonds. The van der Waals surface area contributed by atoms with Crippen LogP contribution < -0.4 is 26.8 Å². The van der Waals surface area contributed by atoms with Gasteiger partial charge in [0.1, 0.15) is 5.41 Å². The minimum atomic E-state index is -3.71. The van der Waals surface area contributed by atoms with Gasteiger partial charge in [-0.2, -0.15) is 0 Å². The minimum absolute atomic E-state index is 0.00943. The van der Waals surface area contributed by atoms with Gasteiger partial charge in [0.05, 0.1) is 10.8 Å². The maximum Gasteiger partial charge on any atom is 0.475 e. The summed E-state index contributed by atoms with van der Waals surface area (Å²) >= 11 is 0. The number of benzene rings is 1. The first-order valence-corrected chi connectivity index (χ1v) is 12.6. The highest BCUT2D eigenvalue weighted by Gasteiger charge is 2.48. The van der Waals surface area contributed by atoms with E-state index < -0.39 is 40.3 Å². The summed E-state index contributed by atoms with van der Waals surface area (Å²) in [6.07, 6.45) is 2.53. The molecule has 0 saturated heterocycles. The van der Waals surface area contributed by atoms with Gasteiger partial charge in [0.25, 0.3) is 0 Å². The van der Waals surface area contributed by atoms with Crippen LogP contribution in [0, 0.1) is 5.41 Å². The van der Waals surface area contributed by atoms with Gasteiger partial charge in [0.2, 0.25) is 21.8 Å². The SMILES string of the molecule is NC(N)=NCCCC(NC(=O)C1(C(=O)NCCNS(=O)(=O)c2ccccc2)CCCC1)B(O)O. The van der Waals surface area contributed by atoms with Crippen LogP contribution in [0.5, 0.6) is 0 Å². The van der Waals surface area contributed by atoms with Crippen LogP contribution >= 0.6 is 0 Å². The van der Waals surface area contributed by atoms with Crippen molar-refractivity contribution in [1.82, 2.24) is 15.4 Å². The fourth-order valence-electron chi connectivity index (χ4n) is 3.87. The lowest BCUT2D eigenvalue weighted by Crippen LogP contribution is -2.56. The molecule has 1 saturated carbocycles. The number of nitrogens with zero attached hydrogens (tertiary/aromatic N) is 1. The molecule has 1 unspecified atom stereocenters. The quantitative estimate of drug-likeness (QED) is 0.0543. The van der Waals surface area contributed by atoms with Crippen LogP contribution in [0.4, 0.5) is 0 Å². The van der Waals surface area contributed by atoms with Crippen LogP contribution in [0.3, 0.4) is 0 Å². The first-order valence-electron chi connectivity index (χ1n) is 11.1. The van der Waals surface area contributed by atoms with E-state index in [4.69, 9.17) is 11.5 Å².